The van der Waals surface area contributed by atoms with Gasteiger partial charge in [0.2, 0.25) is 0 Å². The lowest BCUT2D eigenvalue weighted by Gasteiger charge is -2.28. The molecule has 0 aromatic heterocycles. The highest BCUT2D eigenvalue weighted by Gasteiger charge is 2.24. The van der Waals surface area contributed by atoms with Gasteiger partial charge in [-0.1, -0.05) is 24.3 Å². The van der Waals surface area contributed by atoms with Crippen LogP contribution in [0.5, 0.6) is 17.2 Å². The average molecular weight is 1270 g/mol. The van der Waals surface area contributed by atoms with Crippen molar-refractivity contribution in [1.82, 2.24) is 62.1 Å². The molecule has 0 fully saturated rings. The SMILES string of the molecule is NCCOCCOCCN1CCNC(=O)c2cccc(c2)C(=O)NCCN(CCN2CCNC(=O)c3cccc(c3O)C(=O)NCCN(CCOCCOCCN)CCNC(=O)c3cccc(c3O)C(=O)NCC2)CCNC(=O)c2cccc(c2O)C(=O)NCC1. The molecule has 496 valence electrons. The molecule has 4 aromatic carbocycles. The third-order valence-corrected chi connectivity index (χ3v) is 14.8. The number of nitrogens with one attached hydrogen (secondary N) is 8. The molecular formula is C62H88N14O15. The minimum atomic E-state index is -0.664. The predicted octanol–water partition coefficient (Wildman–Crippen LogP) is -2.04. The van der Waals surface area contributed by atoms with Gasteiger partial charge in [0, 0.05) is 155 Å². The van der Waals surface area contributed by atoms with Crippen LogP contribution in [0.25, 0.3) is 0 Å². The lowest BCUT2D eigenvalue weighted by atomic mass is 10.1. The van der Waals surface area contributed by atoms with Crippen molar-refractivity contribution < 1.29 is 72.6 Å². The fourth-order valence-corrected chi connectivity index (χ4v) is 9.75. The number of carbonyl (C=O) groups is 8. The maximum atomic E-state index is 13.7. The van der Waals surface area contributed by atoms with Gasteiger partial charge in [0.1, 0.15) is 17.2 Å². The van der Waals surface area contributed by atoms with E-state index in [0.29, 0.717) is 105 Å². The van der Waals surface area contributed by atoms with Crippen LogP contribution in [-0.4, -0.2) is 279 Å². The summed E-state index contributed by atoms with van der Waals surface area (Å²) in [5.41, 5.74) is 10.7. The molecule has 8 bridgehead atoms. The minimum Gasteiger partial charge on any atom is -0.506 e. The molecule has 0 saturated carbocycles. The number of amides is 8. The summed E-state index contributed by atoms with van der Waals surface area (Å²) in [6.45, 7) is 7.88. The van der Waals surface area contributed by atoms with Gasteiger partial charge < -0.3 is 88.3 Å². The first kappa shape index (κ1) is 71.7. The highest BCUT2D eigenvalue weighted by atomic mass is 16.5. The summed E-state index contributed by atoms with van der Waals surface area (Å²) in [6.07, 6.45) is 0. The Bertz CT molecular complexity index is 2940. The Morgan fingerprint density at radius 2 is 0.527 bits per heavy atom. The topological polar surface area (TPSA) is 395 Å². The van der Waals surface area contributed by atoms with Gasteiger partial charge in [-0.05, 0) is 54.6 Å². The number of fused-ring (bicyclic) bond motifs is 8. The number of nitrogens with two attached hydrogens (primary N) is 2. The fraction of sp³-hybridized carbons (Fsp3) is 0.484. The van der Waals surface area contributed by atoms with Crippen LogP contribution in [0.2, 0.25) is 0 Å². The third kappa shape index (κ3) is 24.1. The molecule has 0 atom stereocenters. The first-order valence-electron chi connectivity index (χ1n) is 30.6. The summed E-state index contributed by atoms with van der Waals surface area (Å²) in [4.78, 5) is 117. The van der Waals surface area contributed by atoms with Crippen molar-refractivity contribution in [3.05, 3.63) is 123 Å². The van der Waals surface area contributed by atoms with Crippen molar-refractivity contribution in [1.29, 1.82) is 0 Å². The second-order valence-corrected chi connectivity index (χ2v) is 21.1. The number of hydrogen-bond donors (Lipinski definition) is 13. The van der Waals surface area contributed by atoms with Crippen molar-refractivity contribution in [3.8, 4) is 17.2 Å². The number of rotatable bonds is 19. The Labute approximate surface area is 529 Å². The predicted molar refractivity (Wildman–Crippen MR) is 337 cm³/mol. The smallest absolute Gasteiger partial charge is 0.255 e. The second-order valence-electron chi connectivity index (χ2n) is 21.1. The molecule has 15 N–H and O–H groups in total. The summed E-state index contributed by atoms with van der Waals surface area (Å²) in [6, 6.07) is 19.1. The van der Waals surface area contributed by atoms with Crippen LogP contribution in [0.3, 0.4) is 0 Å². The molecule has 0 aliphatic carbocycles. The molecule has 2 heterocycles. The van der Waals surface area contributed by atoms with Crippen LogP contribution >= 0.6 is 0 Å². The standard InChI is InChI=1S/C62H88N14O15/c63-13-35-88-39-41-90-37-33-75-27-16-66-56(81)45-6-1-5-44(43-45)55(80)65-15-23-73(24-17-67-57(82)46-7-2-10-49(52(46)77)60(85)70-20-28-75)31-32-74-25-18-68-58(83)47-8-3-11-50(53(47)78)61(86)71-21-29-76(34-38-91-42-40-89-36-14-64)30-22-72-62(87)51-12-4-9-48(54(51)79)59(84)69-19-26-74/h1-12,43,77-79H,13-42,63-64H2,(H,65,80)(H,66,81)(H,67,82)(H,68,83)(H,69,84)(H,70,85)(H,71,86)(H,72,87). The molecule has 2 aliphatic rings. The minimum absolute atomic E-state index is 0.0194. The molecule has 0 unspecified atom stereocenters. The van der Waals surface area contributed by atoms with Crippen LogP contribution in [0.1, 0.15) is 82.9 Å². The number of para-hydroxylation sites is 3. The number of carbonyl (C=O) groups excluding carboxylic acids is 8. The van der Waals surface area contributed by atoms with Gasteiger partial charge in [-0.3, -0.25) is 58.0 Å². The summed E-state index contributed by atoms with van der Waals surface area (Å²) in [7, 11) is 0. The number of hydrogen-bond acceptors (Lipinski definition) is 21. The third-order valence-electron chi connectivity index (χ3n) is 14.8. The van der Waals surface area contributed by atoms with Crippen LogP contribution in [0.4, 0.5) is 0 Å². The summed E-state index contributed by atoms with van der Waals surface area (Å²) in [5.74, 6) is -6.28. The Morgan fingerprint density at radius 1 is 0.308 bits per heavy atom. The first-order valence-corrected chi connectivity index (χ1v) is 30.6. The molecule has 8 amide bonds. The Hall–Kier alpha value is -8.36. The molecule has 0 saturated heterocycles. The Morgan fingerprint density at radius 3 is 0.780 bits per heavy atom. The number of phenols is 3. The lowest BCUT2D eigenvalue weighted by Crippen LogP contribution is -2.46. The molecule has 6 rings (SSSR count). The zero-order valence-electron chi connectivity index (χ0n) is 51.4. The van der Waals surface area contributed by atoms with E-state index in [-0.39, 0.29) is 136 Å². The van der Waals surface area contributed by atoms with E-state index in [9.17, 15) is 53.7 Å². The highest BCUT2D eigenvalue weighted by molar-refractivity contribution is 6.06. The number of ether oxygens (including phenoxy) is 4. The van der Waals surface area contributed by atoms with E-state index in [1.54, 1.807) is 18.2 Å². The Kier molecular flexibility index (Phi) is 31.3. The summed E-state index contributed by atoms with van der Waals surface area (Å²) in [5, 5.41) is 56.6. The van der Waals surface area contributed by atoms with Crippen LogP contribution in [0.15, 0.2) is 78.9 Å². The fourth-order valence-electron chi connectivity index (χ4n) is 9.75. The van der Waals surface area contributed by atoms with Gasteiger partial charge in [0.15, 0.2) is 0 Å². The molecule has 91 heavy (non-hydrogen) atoms. The average Bonchev–Trinajstić information content (AvgIpc) is 3.59. The summed E-state index contributed by atoms with van der Waals surface area (Å²) < 4.78 is 22.2. The van der Waals surface area contributed by atoms with E-state index >= 15 is 0 Å². The van der Waals surface area contributed by atoms with Crippen LogP contribution < -0.4 is 54.0 Å². The van der Waals surface area contributed by atoms with Gasteiger partial charge in [0.05, 0.1) is 86.2 Å². The molecule has 29 heteroatoms. The van der Waals surface area contributed by atoms with Gasteiger partial charge >= 0.3 is 0 Å². The van der Waals surface area contributed by atoms with Crippen LogP contribution in [-0.2, 0) is 18.9 Å². The van der Waals surface area contributed by atoms with Gasteiger partial charge in [-0.25, -0.2) is 0 Å². The normalized spacial score (nSPS) is 17.2. The van der Waals surface area contributed by atoms with Crippen molar-refractivity contribution in [2.75, 3.05) is 197 Å². The van der Waals surface area contributed by atoms with E-state index in [1.165, 1.54) is 60.7 Å². The number of benzene rings is 4. The van der Waals surface area contributed by atoms with Crippen molar-refractivity contribution in [2.24, 2.45) is 11.5 Å². The van der Waals surface area contributed by atoms with Crippen molar-refractivity contribution in [2.45, 2.75) is 0 Å². The number of phenolic OH excluding ortho intramolecular Hbond substituents is 3. The zero-order chi connectivity index (χ0) is 65.2. The van der Waals surface area contributed by atoms with E-state index < -0.39 is 64.5 Å². The number of nitrogens with zero attached hydrogens (tertiary/aromatic N) is 4. The quantitative estimate of drug-likeness (QED) is 0.0450. The van der Waals surface area contributed by atoms with E-state index in [2.05, 4.69) is 42.5 Å². The van der Waals surface area contributed by atoms with E-state index in [4.69, 9.17) is 30.4 Å². The summed E-state index contributed by atoms with van der Waals surface area (Å²) >= 11 is 0. The lowest BCUT2D eigenvalue weighted by molar-refractivity contribution is 0.0411. The van der Waals surface area contributed by atoms with Gasteiger partial charge in [-0.15, -0.1) is 0 Å². The van der Waals surface area contributed by atoms with E-state index in [0.717, 1.165) is 0 Å². The van der Waals surface area contributed by atoms with Crippen molar-refractivity contribution >= 4 is 47.3 Å². The van der Waals surface area contributed by atoms with E-state index in [1.807, 2.05) is 19.6 Å². The zero-order valence-corrected chi connectivity index (χ0v) is 51.4. The molecule has 29 nitrogen and oxygen atoms in total. The molecule has 4 aromatic rings. The Balaban J connectivity index is 1.17. The van der Waals surface area contributed by atoms with Crippen molar-refractivity contribution in [3.63, 3.8) is 0 Å². The molecule has 0 radical (unpaired) electrons. The molecule has 0 spiro atoms. The van der Waals surface area contributed by atoms with Gasteiger partial charge in [-0.2, -0.15) is 0 Å². The van der Waals surface area contributed by atoms with Crippen LogP contribution in [0, 0.1) is 0 Å². The van der Waals surface area contributed by atoms with Gasteiger partial charge in [0.25, 0.3) is 47.3 Å². The highest BCUT2D eigenvalue weighted by Crippen LogP contribution is 2.25. The largest absolute Gasteiger partial charge is 0.506 e. The first-order chi connectivity index (χ1) is 44.2. The second kappa shape index (κ2) is 39.7. The maximum absolute atomic E-state index is 13.7. The molecule has 2 aliphatic heterocycles. The maximum Gasteiger partial charge on any atom is 0.255 e. The molecular weight excluding hydrogens is 1180 g/mol. The number of aromatic hydroxyl groups is 3. The monoisotopic (exact) mass is 1270 g/mol.